The summed E-state index contributed by atoms with van der Waals surface area (Å²) in [5.74, 6) is 2.62. The Balaban J connectivity index is 2.18. The standard InChI is InChI=1S/C22H24N2O4/c1-14-10-16-12-19(26-3)20(27-4)13-17(16)22(24-23-14)21(28-5)11-15-8-6-7-9-18(15)25-2/h6-9,11-13H,10H2,1-5H3. The van der Waals surface area contributed by atoms with E-state index in [-0.39, 0.29) is 0 Å². The summed E-state index contributed by atoms with van der Waals surface area (Å²) in [6.45, 7) is 1.95. The normalized spacial score (nSPS) is 13.7. The third-order valence-corrected chi connectivity index (χ3v) is 4.51. The number of methoxy groups -OCH3 is 4. The molecule has 1 heterocycles. The molecule has 1 aliphatic heterocycles. The number of ether oxygens (including phenoxy) is 4. The molecule has 0 amide bonds. The summed E-state index contributed by atoms with van der Waals surface area (Å²) in [6, 6.07) is 11.6. The van der Waals surface area contributed by atoms with Crippen molar-refractivity contribution in [2.75, 3.05) is 28.4 Å². The number of fused-ring (bicyclic) bond motifs is 1. The maximum absolute atomic E-state index is 5.70. The molecule has 1 aliphatic rings. The lowest BCUT2D eigenvalue weighted by molar-refractivity contribution is 0.318. The summed E-state index contributed by atoms with van der Waals surface area (Å²) in [5, 5.41) is 8.83. The first kappa shape index (κ1) is 19.5. The molecule has 3 rings (SSSR count). The van der Waals surface area contributed by atoms with E-state index >= 15 is 0 Å². The van der Waals surface area contributed by atoms with Crippen LogP contribution in [-0.2, 0) is 11.2 Å². The molecule has 0 unspecified atom stereocenters. The molecule has 0 saturated heterocycles. The first-order valence-corrected chi connectivity index (χ1v) is 8.86. The van der Waals surface area contributed by atoms with Gasteiger partial charge in [-0.15, -0.1) is 5.10 Å². The van der Waals surface area contributed by atoms with Gasteiger partial charge in [-0.2, -0.15) is 5.10 Å². The first-order chi connectivity index (χ1) is 13.6. The van der Waals surface area contributed by atoms with Gasteiger partial charge in [-0.25, -0.2) is 0 Å². The van der Waals surface area contributed by atoms with Crippen LogP contribution in [0.5, 0.6) is 17.2 Å². The lowest BCUT2D eigenvalue weighted by Gasteiger charge is -2.16. The zero-order chi connectivity index (χ0) is 20.1. The average Bonchev–Trinajstić information content (AvgIpc) is 2.88. The molecule has 0 fully saturated rings. The Bertz CT molecular complexity index is 961. The predicted octanol–water partition coefficient (Wildman–Crippen LogP) is 4.12. The van der Waals surface area contributed by atoms with Crippen LogP contribution in [0.3, 0.4) is 0 Å². The van der Waals surface area contributed by atoms with Crippen molar-refractivity contribution in [3.8, 4) is 17.2 Å². The van der Waals surface area contributed by atoms with E-state index in [4.69, 9.17) is 18.9 Å². The van der Waals surface area contributed by atoms with Gasteiger partial charge in [0.25, 0.3) is 0 Å². The van der Waals surface area contributed by atoms with Crippen LogP contribution in [0.1, 0.15) is 23.6 Å². The summed E-state index contributed by atoms with van der Waals surface area (Å²) in [4.78, 5) is 0. The van der Waals surface area contributed by atoms with Crippen LogP contribution < -0.4 is 14.2 Å². The summed E-state index contributed by atoms with van der Waals surface area (Å²) in [6.07, 6.45) is 2.56. The fraction of sp³-hybridized carbons (Fsp3) is 0.273. The largest absolute Gasteiger partial charge is 0.496 e. The van der Waals surface area contributed by atoms with Crippen molar-refractivity contribution in [1.29, 1.82) is 0 Å². The summed E-state index contributed by atoms with van der Waals surface area (Å²) >= 11 is 0. The maximum Gasteiger partial charge on any atom is 0.161 e. The smallest absolute Gasteiger partial charge is 0.161 e. The van der Waals surface area contributed by atoms with Gasteiger partial charge in [-0.05, 0) is 36.8 Å². The number of allylic oxidation sites excluding steroid dienone is 1. The molecule has 0 aromatic heterocycles. The van der Waals surface area contributed by atoms with E-state index in [2.05, 4.69) is 10.2 Å². The van der Waals surface area contributed by atoms with Gasteiger partial charge in [0, 0.05) is 23.3 Å². The molecular weight excluding hydrogens is 356 g/mol. The minimum Gasteiger partial charge on any atom is -0.496 e. The quantitative estimate of drug-likeness (QED) is 0.707. The molecule has 0 saturated carbocycles. The second-order valence-electron chi connectivity index (χ2n) is 6.28. The monoisotopic (exact) mass is 380 g/mol. The topological polar surface area (TPSA) is 61.6 Å². The van der Waals surface area contributed by atoms with Crippen molar-refractivity contribution in [3.05, 3.63) is 58.8 Å². The van der Waals surface area contributed by atoms with Gasteiger partial charge in [-0.1, -0.05) is 18.2 Å². The van der Waals surface area contributed by atoms with Crippen LogP contribution in [0, 0.1) is 0 Å². The van der Waals surface area contributed by atoms with Gasteiger partial charge < -0.3 is 18.9 Å². The summed E-state index contributed by atoms with van der Waals surface area (Å²) in [5.41, 5.74) is 4.34. The van der Waals surface area contributed by atoms with Crippen LogP contribution in [0.15, 0.2) is 52.4 Å². The number of hydrogen-bond acceptors (Lipinski definition) is 6. The molecule has 6 heteroatoms. The van der Waals surface area contributed by atoms with Gasteiger partial charge in [0.15, 0.2) is 11.5 Å². The third-order valence-electron chi connectivity index (χ3n) is 4.51. The Morgan fingerprint density at radius 3 is 2.25 bits per heavy atom. The molecule has 6 nitrogen and oxygen atoms in total. The average molecular weight is 380 g/mol. The highest BCUT2D eigenvalue weighted by molar-refractivity contribution is 6.16. The van der Waals surface area contributed by atoms with Crippen molar-refractivity contribution < 1.29 is 18.9 Å². The Kier molecular flexibility index (Phi) is 5.99. The minimum absolute atomic E-state index is 0.580. The summed E-state index contributed by atoms with van der Waals surface area (Å²) in [7, 11) is 6.49. The van der Waals surface area contributed by atoms with Crippen molar-refractivity contribution in [2.24, 2.45) is 10.2 Å². The van der Waals surface area contributed by atoms with Crippen molar-refractivity contribution in [1.82, 2.24) is 0 Å². The van der Waals surface area contributed by atoms with E-state index in [1.807, 2.05) is 49.4 Å². The van der Waals surface area contributed by atoms with Crippen LogP contribution in [-0.4, -0.2) is 39.9 Å². The highest BCUT2D eigenvalue weighted by Gasteiger charge is 2.22. The number of para-hydroxylation sites is 1. The Labute approximate surface area is 165 Å². The highest BCUT2D eigenvalue weighted by Crippen LogP contribution is 2.34. The zero-order valence-electron chi connectivity index (χ0n) is 16.8. The van der Waals surface area contributed by atoms with Gasteiger partial charge in [0.05, 0.1) is 28.4 Å². The second kappa shape index (κ2) is 8.61. The van der Waals surface area contributed by atoms with E-state index in [9.17, 15) is 0 Å². The van der Waals surface area contributed by atoms with Crippen molar-refractivity contribution >= 4 is 17.5 Å². The Morgan fingerprint density at radius 2 is 1.57 bits per heavy atom. The van der Waals surface area contributed by atoms with E-state index in [1.54, 1.807) is 28.4 Å². The molecule has 28 heavy (non-hydrogen) atoms. The van der Waals surface area contributed by atoms with Gasteiger partial charge >= 0.3 is 0 Å². The SMILES string of the molecule is COC(=Cc1ccccc1OC)C1=NN=C(C)Cc2cc(OC)c(OC)cc21. The molecule has 2 aromatic carbocycles. The number of rotatable bonds is 6. The predicted molar refractivity (Wildman–Crippen MR) is 111 cm³/mol. The fourth-order valence-corrected chi connectivity index (χ4v) is 3.12. The summed E-state index contributed by atoms with van der Waals surface area (Å²) < 4.78 is 22.1. The number of nitrogens with zero attached hydrogens (tertiary/aromatic N) is 2. The molecule has 0 spiro atoms. The minimum atomic E-state index is 0.580. The molecule has 0 N–H and O–H groups in total. The molecule has 0 atom stereocenters. The molecular formula is C22H24N2O4. The van der Waals surface area contributed by atoms with Crippen LogP contribution >= 0.6 is 0 Å². The van der Waals surface area contributed by atoms with Crippen LogP contribution in [0.4, 0.5) is 0 Å². The van der Waals surface area contributed by atoms with E-state index in [0.717, 1.165) is 28.2 Å². The van der Waals surface area contributed by atoms with E-state index < -0.39 is 0 Å². The maximum atomic E-state index is 5.70. The van der Waals surface area contributed by atoms with Gasteiger partial charge in [0.1, 0.15) is 17.2 Å². The fourth-order valence-electron chi connectivity index (χ4n) is 3.12. The molecule has 0 radical (unpaired) electrons. The lowest BCUT2D eigenvalue weighted by Crippen LogP contribution is -2.10. The molecule has 0 aliphatic carbocycles. The lowest BCUT2D eigenvalue weighted by atomic mass is 9.96. The van der Waals surface area contributed by atoms with E-state index in [0.29, 0.717) is 29.4 Å². The number of benzene rings is 2. The molecule has 0 bridgehead atoms. The van der Waals surface area contributed by atoms with E-state index in [1.165, 1.54) is 0 Å². The number of hydrogen-bond donors (Lipinski definition) is 0. The van der Waals surface area contributed by atoms with Crippen molar-refractivity contribution in [2.45, 2.75) is 13.3 Å². The molecule has 2 aromatic rings. The van der Waals surface area contributed by atoms with Crippen LogP contribution in [0.2, 0.25) is 0 Å². The molecule has 146 valence electrons. The first-order valence-electron chi connectivity index (χ1n) is 8.86. The zero-order valence-corrected chi connectivity index (χ0v) is 16.8. The second-order valence-corrected chi connectivity index (χ2v) is 6.28. The highest BCUT2D eigenvalue weighted by atomic mass is 16.5. The Hall–Kier alpha value is -3.28. The Morgan fingerprint density at radius 1 is 0.893 bits per heavy atom. The van der Waals surface area contributed by atoms with Crippen LogP contribution in [0.25, 0.3) is 6.08 Å². The van der Waals surface area contributed by atoms with Gasteiger partial charge in [-0.3, -0.25) is 0 Å². The van der Waals surface area contributed by atoms with Crippen molar-refractivity contribution in [3.63, 3.8) is 0 Å². The third kappa shape index (κ3) is 3.86. The van der Waals surface area contributed by atoms with Gasteiger partial charge in [0.2, 0.25) is 0 Å².